The highest BCUT2D eigenvalue weighted by Gasteiger charge is 2.04. The standard InChI is InChI=1S/C11H13N5O3/c1-19-8-3-2-6(4-7(8)12)5-13-9-10(17)14-11(18)16-15-9/h2-4H,5,12H2,1H3,(H,13,15)(H2,14,16,17,18). The van der Waals surface area contributed by atoms with Gasteiger partial charge in [-0.25, -0.2) is 9.89 Å². The van der Waals surface area contributed by atoms with Gasteiger partial charge >= 0.3 is 5.69 Å². The summed E-state index contributed by atoms with van der Waals surface area (Å²) in [5.41, 5.74) is 5.90. The van der Waals surface area contributed by atoms with E-state index in [0.29, 0.717) is 18.0 Å². The number of nitrogens with zero attached hydrogens (tertiary/aromatic N) is 1. The molecule has 0 amide bonds. The molecule has 0 spiro atoms. The molecule has 0 aliphatic carbocycles. The van der Waals surface area contributed by atoms with Gasteiger partial charge in [-0.1, -0.05) is 6.07 Å². The van der Waals surface area contributed by atoms with E-state index >= 15 is 0 Å². The Morgan fingerprint density at radius 3 is 2.84 bits per heavy atom. The monoisotopic (exact) mass is 263 g/mol. The van der Waals surface area contributed by atoms with Crippen molar-refractivity contribution in [2.45, 2.75) is 6.54 Å². The molecule has 0 atom stereocenters. The maximum atomic E-state index is 11.4. The van der Waals surface area contributed by atoms with Crippen LogP contribution in [0.1, 0.15) is 5.56 Å². The molecular formula is C11H13N5O3. The van der Waals surface area contributed by atoms with Crippen molar-refractivity contribution < 1.29 is 4.74 Å². The number of hydrogen-bond acceptors (Lipinski definition) is 6. The van der Waals surface area contributed by atoms with Crippen LogP contribution in [0.25, 0.3) is 0 Å². The number of nitrogens with one attached hydrogen (secondary N) is 3. The number of ether oxygens (including phenoxy) is 1. The zero-order chi connectivity index (χ0) is 13.8. The Bertz CT molecular complexity index is 691. The molecular weight excluding hydrogens is 250 g/mol. The molecule has 0 radical (unpaired) electrons. The Morgan fingerprint density at radius 1 is 1.42 bits per heavy atom. The molecule has 1 aromatic heterocycles. The zero-order valence-corrected chi connectivity index (χ0v) is 10.2. The molecule has 19 heavy (non-hydrogen) atoms. The Labute approximate surface area is 107 Å². The van der Waals surface area contributed by atoms with Gasteiger partial charge in [0.05, 0.1) is 12.8 Å². The molecule has 0 bridgehead atoms. The number of methoxy groups -OCH3 is 1. The maximum absolute atomic E-state index is 11.4. The Hall–Kier alpha value is -2.77. The van der Waals surface area contributed by atoms with Crippen LogP contribution in [-0.2, 0) is 6.54 Å². The van der Waals surface area contributed by atoms with Gasteiger partial charge in [0.2, 0.25) is 5.82 Å². The highest BCUT2D eigenvalue weighted by molar-refractivity contribution is 5.54. The third-order valence-corrected chi connectivity index (χ3v) is 2.47. The van der Waals surface area contributed by atoms with Crippen LogP contribution in [0.15, 0.2) is 27.8 Å². The first-order valence-corrected chi connectivity index (χ1v) is 5.45. The number of benzene rings is 1. The fourth-order valence-electron chi connectivity index (χ4n) is 1.55. The zero-order valence-electron chi connectivity index (χ0n) is 10.2. The topological polar surface area (TPSA) is 126 Å². The Morgan fingerprint density at radius 2 is 2.21 bits per heavy atom. The first kappa shape index (κ1) is 12.7. The average Bonchev–Trinajstić information content (AvgIpc) is 2.38. The summed E-state index contributed by atoms with van der Waals surface area (Å²) in [5.74, 6) is 0.623. The fourth-order valence-corrected chi connectivity index (χ4v) is 1.55. The lowest BCUT2D eigenvalue weighted by Crippen LogP contribution is -2.26. The summed E-state index contributed by atoms with van der Waals surface area (Å²) < 4.78 is 5.04. The predicted molar refractivity (Wildman–Crippen MR) is 70.2 cm³/mol. The van der Waals surface area contributed by atoms with Crippen LogP contribution in [0.2, 0.25) is 0 Å². The largest absolute Gasteiger partial charge is 0.495 e. The fraction of sp³-hybridized carbons (Fsp3) is 0.182. The normalized spacial score (nSPS) is 10.2. The van der Waals surface area contributed by atoms with E-state index in [1.54, 1.807) is 12.1 Å². The third kappa shape index (κ3) is 2.92. The SMILES string of the molecule is COc1ccc(CNc2n[nH]c(=O)[nH]c2=O)cc1N. The van der Waals surface area contributed by atoms with Crippen molar-refractivity contribution in [2.24, 2.45) is 0 Å². The molecule has 0 aliphatic rings. The minimum Gasteiger partial charge on any atom is -0.495 e. The molecule has 0 saturated carbocycles. The predicted octanol–water partition coefficient (Wildman–Crippen LogP) is -0.339. The van der Waals surface area contributed by atoms with Crippen LogP contribution >= 0.6 is 0 Å². The van der Waals surface area contributed by atoms with Crippen LogP contribution in [0.5, 0.6) is 5.75 Å². The number of hydrogen-bond donors (Lipinski definition) is 4. The van der Waals surface area contributed by atoms with Gasteiger partial charge in [0.1, 0.15) is 5.75 Å². The van der Waals surface area contributed by atoms with Crippen LogP contribution in [-0.4, -0.2) is 22.3 Å². The maximum Gasteiger partial charge on any atom is 0.342 e. The van der Waals surface area contributed by atoms with Crippen LogP contribution < -0.4 is 27.0 Å². The summed E-state index contributed by atoms with van der Waals surface area (Å²) in [4.78, 5) is 24.3. The Kier molecular flexibility index (Phi) is 3.51. The van der Waals surface area contributed by atoms with Gasteiger partial charge < -0.3 is 15.8 Å². The van der Waals surface area contributed by atoms with E-state index < -0.39 is 11.2 Å². The highest BCUT2D eigenvalue weighted by atomic mass is 16.5. The molecule has 100 valence electrons. The van der Waals surface area contributed by atoms with E-state index in [-0.39, 0.29) is 5.82 Å². The van der Waals surface area contributed by atoms with Gasteiger partial charge in [0, 0.05) is 6.54 Å². The van der Waals surface area contributed by atoms with E-state index in [0.717, 1.165) is 5.56 Å². The third-order valence-electron chi connectivity index (χ3n) is 2.47. The molecule has 2 rings (SSSR count). The van der Waals surface area contributed by atoms with E-state index in [9.17, 15) is 9.59 Å². The van der Waals surface area contributed by atoms with Crippen molar-refractivity contribution in [1.29, 1.82) is 0 Å². The summed E-state index contributed by atoms with van der Waals surface area (Å²) in [7, 11) is 1.54. The summed E-state index contributed by atoms with van der Waals surface area (Å²) in [6.45, 7) is 0.344. The number of anilines is 2. The van der Waals surface area contributed by atoms with Crippen molar-refractivity contribution in [3.8, 4) is 5.75 Å². The summed E-state index contributed by atoms with van der Waals surface area (Å²) in [5, 5.41) is 8.54. The summed E-state index contributed by atoms with van der Waals surface area (Å²) in [6, 6.07) is 5.27. The molecule has 0 aliphatic heterocycles. The van der Waals surface area contributed by atoms with Crippen LogP contribution in [0.4, 0.5) is 11.5 Å². The highest BCUT2D eigenvalue weighted by Crippen LogP contribution is 2.21. The lowest BCUT2D eigenvalue weighted by molar-refractivity contribution is 0.417. The second kappa shape index (κ2) is 5.25. The number of aromatic nitrogens is 3. The molecule has 0 fully saturated rings. The van der Waals surface area contributed by atoms with Gasteiger partial charge in [0.25, 0.3) is 5.56 Å². The van der Waals surface area contributed by atoms with Gasteiger partial charge in [0.15, 0.2) is 0 Å². The first-order chi connectivity index (χ1) is 9.10. The smallest absolute Gasteiger partial charge is 0.342 e. The van der Waals surface area contributed by atoms with Gasteiger partial charge in [-0.2, -0.15) is 0 Å². The van der Waals surface area contributed by atoms with Gasteiger partial charge in [-0.15, -0.1) is 5.10 Å². The summed E-state index contributed by atoms with van der Waals surface area (Å²) in [6.07, 6.45) is 0. The van der Waals surface area contributed by atoms with Crippen LogP contribution in [0.3, 0.4) is 0 Å². The van der Waals surface area contributed by atoms with E-state index in [1.165, 1.54) is 7.11 Å². The van der Waals surface area contributed by atoms with Gasteiger partial charge in [-0.3, -0.25) is 9.78 Å². The van der Waals surface area contributed by atoms with Crippen molar-refractivity contribution in [3.63, 3.8) is 0 Å². The number of aromatic amines is 2. The van der Waals surface area contributed by atoms with Crippen molar-refractivity contribution in [3.05, 3.63) is 44.6 Å². The minimum absolute atomic E-state index is 0.0361. The number of nitrogens with two attached hydrogens (primary N) is 1. The first-order valence-electron chi connectivity index (χ1n) is 5.45. The molecule has 1 aromatic carbocycles. The van der Waals surface area contributed by atoms with E-state index in [1.807, 2.05) is 6.07 Å². The van der Waals surface area contributed by atoms with Crippen molar-refractivity contribution in [1.82, 2.24) is 15.2 Å². The molecule has 0 unspecified atom stereocenters. The number of H-pyrrole nitrogens is 2. The lowest BCUT2D eigenvalue weighted by Gasteiger charge is -2.08. The van der Waals surface area contributed by atoms with E-state index in [4.69, 9.17) is 10.5 Å². The molecule has 1 heterocycles. The number of rotatable bonds is 4. The van der Waals surface area contributed by atoms with Crippen LogP contribution in [0, 0.1) is 0 Å². The van der Waals surface area contributed by atoms with Crippen molar-refractivity contribution >= 4 is 11.5 Å². The second-order valence-electron chi connectivity index (χ2n) is 3.79. The minimum atomic E-state index is -0.649. The van der Waals surface area contributed by atoms with E-state index in [2.05, 4.69) is 20.5 Å². The molecule has 8 heteroatoms. The summed E-state index contributed by atoms with van der Waals surface area (Å²) >= 11 is 0. The molecule has 2 aromatic rings. The molecule has 0 saturated heterocycles. The average molecular weight is 263 g/mol. The molecule has 5 N–H and O–H groups in total. The quantitative estimate of drug-likeness (QED) is 0.559. The van der Waals surface area contributed by atoms with Gasteiger partial charge in [-0.05, 0) is 17.7 Å². The van der Waals surface area contributed by atoms with Crippen molar-refractivity contribution in [2.75, 3.05) is 18.2 Å². The molecule has 8 nitrogen and oxygen atoms in total. The lowest BCUT2D eigenvalue weighted by atomic mass is 10.2. The Balaban J connectivity index is 2.12. The number of nitrogen functional groups attached to an aromatic ring is 1. The second-order valence-corrected chi connectivity index (χ2v) is 3.79.